The molecule has 2 atom stereocenters. The van der Waals surface area contributed by atoms with E-state index in [-0.39, 0.29) is 53.1 Å². The van der Waals surface area contributed by atoms with Gasteiger partial charge in [0.1, 0.15) is 22.7 Å². The number of alkyl halides is 3. The predicted molar refractivity (Wildman–Crippen MR) is 149 cm³/mol. The summed E-state index contributed by atoms with van der Waals surface area (Å²) in [7, 11) is 1.25. The van der Waals surface area contributed by atoms with Gasteiger partial charge in [-0.1, -0.05) is 28.6 Å². The van der Waals surface area contributed by atoms with E-state index in [1.54, 1.807) is 12.1 Å². The molecule has 1 saturated carbocycles. The molecular weight excluding hydrogens is 590 g/mol. The third kappa shape index (κ3) is 5.44. The molecule has 8 nitrogen and oxygen atoms in total. The highest BCUT2D eigenvalue weighted by atomic mass is 32.1. The van der Waals surface area contributed by atoms with Crippen molar-refractivity contribution in [2.24, 2.45) is 0 Å². The molecule has 2 saturated heterocycles. The molecule has 2 aromatic heterocycles. The summed E-state index contributed by atoms with van der Waals surface area (Å²) in [6.45, 7) is 0.151. The number of halogens is 4. The average Bonchev–Trinajstić information content (AvgIpc) is 3.48. The van der Waals surface area contributed by atoms with E-state index < -0.39 is 18.1 Å². The molecule has 43 heavy (non-hydrogen) atoms. The molecule has 4 heterocycles. The summed E-state index contributed by atoms with van der Waals surface area (Å²) in [4.78, 5) is 18.8. The van der Waals surface area contributed by atoms with Crippen LogP contribution in [-0.4, -0.2) is 47.8 Å². The van der Waals surface area contributed by atoms with Crippen molar-refractivity contribution in [1.82, 2.24) is 10.1 Å². The number of thiazole rings is 1. The Balaban J connectivity index is 1.10. The first-order valence-corrected chi connectivity index (χ1v) is 14.9. The Bertz CT molecular complexity index is 1670. The van der Waals surface area contributed by atoms with Crippen molar-refractivity contribution in [1.29, 1.82) is 0 Å². The largest absolute Gasteiger partial charge is 0.573 e. The topological polar surface area (TPSA) is 86.9 Å². The molecule has 7 rings (SSSR count). The van der Waals surface area contributed by atoms with E-state index in [0.717, 1.165) is 44.6 Å². The van der Waals surface area contributed by atoms with Crippen LogP contribution in [0.1, 0.15) is 66.1 Å². The van der Waals surface area contributed by atoms with Crippen molar-refractivity contribution in [3.63, 3.8) is 0 Å². The van der Waals surface area contributed by atoms with Crippen LogP contribution >= 0.6 is 11.3 Å². The standard InChI is InChI=1S/C30H27F4N3O5S/c1-39-28(38)16-10-22(31)26-24(11-16)43-29(35-26)37-17-8-9-18(37)13-19(12-17)40-14-21-25(36-42-27(21)15-6-7-15)20-4-2-3-5-23(20)41-30(32,33)34/h2-5,10-11,15,17-19H,6-9,12-14H2,1H3. The summed E-state index contributed by atoms with van der Waals surface area (Å²) in [5.74, 6) is -0.688. The second-order valence-corrected chi connectivity index (χ2v) is 12.2. The molecule has 4 aromatic rings. The highest BCUT2D eigenvalue weighted by Crippen LogP contribution is 2.47. The van der Waals surface area contributed by atoms with Crippen LogP contribution in [0.25, 0.3) is 21.5 Å². The smallest absolute Gasteiger partial charge is 0.465 e. The zero-order valence-corrected chi connectivity index (χ0v) is 23.8. The molecule has 3 fully saturated rings. The molecule has 1 aliphatic carbocycles. The van der Waals surface area contributed by atoms with Crippen LogP contribution in [0.3, 0.4) is 0 Å². The van der Waals surface area contributed by atoms with Gasteiger partial charge >= 0.3 is 12.3 Å². The minimum absolute atomic E-state index is 0.0951. The normalized spacial score (nSPS) is 21.9. The minimum atomic E-state index is -4.85. The lowest BCUT2D eigenvalue weighted by molar-refractivity contribution is -0.274. The summed E-state index contributed by atoms with van der Waals surface area (Å²) in [6, 6.07) is 8.93. The van der Waals surface area contributed by atoms with Gasteiger partial charge < -0.3 is 23.6 Å². The number of nitrogens with zero attached hydrogens (tertiary/aromatic N) is 3. The van der Waals surface area contributed by atoms with E-state index in [1.165, 1.54) is 36.6 Å². The predicted octanol–water partition coefficient (Wildman–Crippen LogP) is 7.37. The maximum absolute atomic E-state index is 14.8. The van der Waals surface area contributed by atoms with Crippen LogP contribution in [0.15, 0.2) is 40.9 Å². The number of aromatic nitrogens is 2. The maximum atomic E-state index is 14.8. The lowest BCUT2D eigenvalue weighted by Gasteiger charge is -2.38. The van der Waals surface area contributed by atoms with Crippen molar-refractivity contribution in [2.75, 3.05) is 12.0 Å². The van der Waals surface area contributed by atoms with E-state index in [1.807, 2.05) is 0 Å². The number of piperidine rings is 1. The molecule has 2 bridgehead atoms. The second-order valence-electron chi connectivity index (χ2n) is 11.2. The molecule has 226 valence electrons. The van der Waals surface area contributed by atoms with E-state index in [2.05, 4.69) is 19.8 Å². The van der Waals surface area contributed by atoms with Gasteiger partial charge in [-0.15, -0.1) is 13.2 Å². The third-order valence-corrected chi connectivity index (χ3v) is 9.38. The highest BCUT2D eigenvalue weighted by molar-refractivity contribution is 7.22. The van der Waals surface area contributed by atoms with Gasteiger partial charge in [-0.25, -0.2) is 14.2 Å². The van der Waals surface area contributed by atoms with Gasteiger partial charge in [0.2, 0.25) is 0 Å². The number of para-hydroxylation sites is 1. The van der Waals surface area contributed by atoms with Crippen molar-refractivity contribution < 1.29 is 41.1 Å². The van der Waals surface area contributed by atoms with Crippen LogP contribution in [0, 0.1) is 5.82 Å². The zero-order chi connectivity index (χ0) is 29.9. The van der Waals surface area contributed by atoms with Gasteiger partial charge in [-0.05, 0) is 62.8 Å². The average molecular weight is 618 g/mol. The lowest BCUT2D eigenvalue weighted by atomic mass is 10.00. The van der Waals surface area contributed by atoms with Gasteiger partial charge in [0.05, 0.1) is 30.1 Å². The molecule has 13 heteroatoms. The SMILES string of the molecule is COC(=O)c1cc(F)c2nc(N3C4CCC3CC(OCc3c(-c5ccccc5OC(F)(F)F)noc3C3CC3)C4)sc2c1. The van der Waals surface area contributed by atoms with Crippen LogP contribution in [0.5, 0.6) is 5.75 Å². The number of benzene rings is 2. The summed E-state index contributed by atoms with van der Waals surface area (Å²) >= 11 is 1.35. The molecule has 2 aliphatic heterocycles. The number of esters is 1. The Morgan fingerprint density at radius 1 is 1.12 bits per heavy atom. The lowest BCUT2D eigenvalue weighted by Crippen LogP contribution is -2.45. The molecule has 2 aromatic carbocycles. The van der Waals surface area contributed by atoms with Gasteiger partial charge in [0, 0.05) is 29.1 Å². The Hall–Kier alpha value is -3.71. The molecule has 3 aliphatic rings. The van der Waals surface area contributed by atoms with Crippen LogP contribution in [-0.2, 0) is 16.1 Å². The number of carbonyl (C=O) groups excluding carboxylic acids is 1. The summed E-state index contributed by atoms with van der Waals surface area (Å²) in [6.07, 6.45) is 0.215. The first-order valence-electron chi connectivity index (χ1n) is 14.1. The number of ether oxygens (including phenoxy) is 3. The molecule has 0 amide bonds. The first-order chi connectivity index (χ1) is 20.7. The van der Waals surface area contributed by atoms with Crippen LogP contribution in [0.4, 0.5) is 22.7 Å². The molecule has 2 unspecified atom stereocenters. The Kier molecular flexibility index (Phi) is 7.04. The van der Waals surface area contributed by atoms with Crippen molar-refractivity contribution >= 4 is 32.7 Å². The van der Waals surface area contributed by atoms with Crippen LogP contribution < -0.4 is 9.64 Å². The Morgan fingerprint density at radius 3 is 2.56 bits per heavy atom. The number of fused-ring (bicyclic) bond motifs is 3. The van der Waals surface area contributed by atoms with Gasteiger partial charge in [0.15, 0.2) is 10.9 Å². The molecule has 0 N–H and O–H groups in total. The van der Waals surface area contributed by atoms with E-state index in [0.29, 0.717) is 26.8 Å². The molecule has 0 radical (unpaired) electrons. The zero-order valence-electron chi connectivity index (χ0n) is 23.0. The monoisotopic (exact) mass is 617 g/mol. The Morgan fingerprint density at radius 2 is 1.86 bits per heavy atom. The third-order valence-electron chi connectivity index (χ3n) is 8.37. The number of anilines is 1. The van der Waals surface area contributed by atoms with E-state index in [9.17, 15) is 22.4 Å². The fourth-order valence-electron chi connectivity index (χ4n) is 6.32. The fraction of sp³-hybridized carbons (Fsp3) is 0.433. The quantitative estimate of drug-likeness (QED) is 0.150. The number of carbonyl (C=O) groups is 1. The molecule has 0 spiro atoms. The van der Waals surface area contributed by atoms with Crippen molar-refractivity contribution in [3.05, 3.63) is 59.1 Å². The van der Waals surface area contributed by atoms with Crippen LogP contribution in [0.2, 0.25) is 0 Å². The van der Waals surface area contributed by atoms with Gasteiger partial charge in [0.25, 0.3) is 0 Å². The van der Waals surface area contributed by atoms with Crippen molar-refractivity contribution in [3.8, 4) is 17.0 Å². The minimum Gasteiger partial charge on any atom is -0.465 e. The molecular formula is C30H27F4N3O5S. The van der Waals surface area contributed by atoms with E-state index >= 15 is 0 Å². The van der Waals surface area contributed by atoms with Gasteiger partial charge in [-0.3, -0.25) is 0 Å². The summed E-state index contributed by atoms with van der Waals surface area (Å²) in [5, 5.41) is 4.88. The number of hydrogen-bond donors (Lipinski definition) is 0. The van der Waals surface area contributed by atoms with Gasteiger partial charge in [-0.2, -0.15) is 0 Å². The summed E-state index contributed by atoms with van der Waals surface area (Å²) in [5.41, 5.74) is 1.52. The summed E-state index contributed by atoms with van der Waals surface area (Å²) < 4.78 is 75.8. The number of rotatable bonds is 8. The van der Waals surface area contributed by atoms with Crippen molar-refractivity contribution in [2.45, 2.75) is 75.6 Å². The first kappa shape index (κ1) is 28.1. The fourth-order valence-corrected chi connectivity index (χ4v) is 7.48. The highest BCUT2D eigenvalue weighted by Gasteiger charge is 2.43. The Labute approximate surface area is 247 Å². The second kappa shape index (κ2) is 10.8. The van der Waals surface area contributed by atoms with E-state index in [4.69, 9.17) is 14.0 Å². The number of hydrogen-bond acceptors (Lipinski definition) is 9. The maximum Gasteiger partial charge on any atom is 0.573 e. The number of methoxy groups -OCH3 is 1.